The number of nitrogens with zero attached hydrogens (tertiary/aromatic N) is 2. The number of benzene rings is 2. The summed E-state index contributed by atoms with van der Waals surface area (Å²) in [6.07, 6.45) is 0. The van der Waals surface area contributed by atoms with E-state index < -0.39 is 10.0 Å². The van der Waals surface area contributed by atoms with Crippen molar-refractivity contribution in [1.82, 2.24) is 4.31 Å². The van der Waals surface area contributed by atoms with Crippen LogP contribution in [0, 0.1) is 5.82 Å². The van der Waals surface area contributed by atoms with E-state index in [1.165, 1.54) is 52.0 Å². The average Bonchev–Trinajstić information content (AvgIpc) is 3.32. The lowest BCUT2D eigenvalue weighted by Gasteiger charge is -2.26. The Balaban J connectivity index is 1.60. The van der Waals surface area contributed by atoms with Crippen LogP contribution >= 0.6 is 11.3 Å². The Kier molecular flexibility index (Phi) is 6.47. The average molecular weight is 461 g/mol. The maximum Gasteiger partial charge on any atom is 0.258 e. The molecule has 0 N–H and O–H groups in total. The number of halogens is 1. The van der Waals surface area contributed by atoms with Gasteiger partial charge < -0.3 is 9.64 Å². The zero-order valence-electron chi connectivity index (χ0n) is 16.6. The number of rotatable bonds is 6. The van der Waals surface area contributed by atoms with E-state index in [1.807, 2.05) is 17.5 Å². The van der Waals surface area contributed by atoms with E-state index in [2.05, 4.69) is 0 Å². The molecule has 4 rings (SSSR count). The van der Waals surface area contributed by atoms with Crippen LogP contribution in [0.15, 0.2) is 70.9 Å². The highest BCUT2D eigenvalue weighted by atomic mass is 32.2. The van der Waals surface area contributed by atoms with Crippen molar-refractivity contribution in [3.63, 3.8) is 0 Å². The molecule has 31 heavy (non-hydrogen) atoms. The van der Waals surface area contributed by atoms with Crippen molar-refractivity contribution in [3.05, 3.63) is 82.3 Å². The number of morpholine rings is 1. The van der Waals surface area contributed by atoms with Crippen molar-refractivity contribution in [2.24, 2.45) is 0 Å². The molecule has 0 bridgehead atoms. The fourth-order valence-electron chi connectivity index (χ4n) is 3.32. The third kappa shape index (κ3) is 4.85. The SMILES string of the molecule is O=C(c1ccc(S(=O)(=O)N2CCOCC2)cc1)N(Cc1cccs1)c1ccc(F)cc1. The summed E-state index contributed by atoms with van der Waals surface area (Å²) >= 11 is 1.52. The third-order valence-electron chi connectivity index (χ3n) is 4.99. The lowest BCUT2D eigenvalue weighted by atomic mass is 10.1. The standard InChI is InChI=1S/C22H21FN2O4S2/c23-18-5-7-19(8-6-18)25(16-20-2-1-15-30-20)22(26)17-3-9-21(10-4-17)31(27,28)24-11-13-29-14-12-24/h1-10,15H,11-14,16H2. The van der Waals surface area contributed by atoms with Gasteiger partial charge in [0.25, 0.3) is 5.91 Å². The van der Waals surface area contributed by atoms with Gasteiger partial charge in [0.1, 0.15) is 5.82 Å². The van der Waals surface area contributed by atoms with Gasteiger partial charge in [-0.1, -0.05) is 6.07 Å². The summed E-state index contributed by atoms with van der Waals surface area (Å²) in [6.45, 7) is 1.68. The van der Waals surface area contributed by atoms with Crippen LogP contribution in [-0.2, 0) is 21.3 Å². The van der Waals surface area contributed by atoms with Crippen LogP contribution < -0.4 is 4.90 Å². The number of sulfonamides is 1. The summed E-state index contributed by atoms with van der Waals surface area (Å²) in [4.78, 5) is 15.9. The molecule has 0 radical (unpaired) electrons. The largest absolute Gasteiger partial charge is 0.379 e. The molecule has 162 valence electrons. The van der Waals surface area contributed by atoms with Gasteiger partial charge in [0.15, 0.2) is 0 Å². The van der Waals surface area contributed by atoms with E-state index >= 15 is 0 Å². The van der Waals surface area contributed by atoms with Crippen molar-refractivity contribution in [2.45, 2.75) is 11.4 Å². The van der Waals surface area contributed by atoms with E-state index in [0.717, 1.165) is 4.88 Å². The first-order valence-corrected chi connectivity index (χ1v) is 12.0. The Morgan fingerprint density at radius 2 is 1.71 bits per heavy atom. The Labute approximate surface area is 184 Å². The van der Waals surface area contributed by atoms with Crippen LogP contribution in [0.25, 0.3) is 0 Å². The number of hydrogen-bond donors (Lipinski definition) is 0. The van der Waals surface area contributed by atoms with Crippen LogP contribution in [0.1, 0.15) is 15.2 Å². The predicted octanol–water partition coefficient (Wildman–Crippen LogP) is 3.76. The molecule has 1 amide bonds. The highest BCUT2D eigenvalue weighted by molar-refractivity contribution is 7.89. The van der Waals surface area contributed by atoms with E-state index in [4.69, 9.17) is 4.74 Å². The van der Waals surface area contributed by atoms with Crippen LogP contribution in [0.5, 0.6) is 0 Å². The van der Waals surface area contributed by atoms with E-state index in [1.54, 1.807) is 17.0 Å². The minimum Gasteiger partial charge on any atom is -0.379 e. The van der Waals surface area contributed by atoms with Crippen LogP contribution in [0.3, 0.4) is 0 Å². The third-order valence-corrected chi connectivity index (χ3v) is 7.76. The highest BCUT2D eigenvalue weighted by Gasteiger charge is 2.27. The molecular formula is C22H21FN2O4S2. The molecule has 6 nitrogen and oxygen atoms in total. The molecule has 2 aromatic carbocycles. The molecule has 0 aliphatic carbocycles. The first kappa shape index (κ1) is 21.6. The summed E-state index contributed by atoms with van der Waals surface area (Å²) in [6, 6.07) is 15.5. The lowest BCUT2D eigenvalue weighted by Crippen LogP contribution is -2.40. The quantitative estimate of drug-likeness (QED) is 0.562. The predicted molar refractivity (Wildman–Crippen MR) is 117 cm³/mol. The van der Waals surface area contributed by atoms with Crippen LogP contribution in [-0.4, -0.2) is 44.9 Å². The zero-order chi connectivity index (χ0) is 21.8. The summed E-state index contributed by atoms with van der Waals surface area (Å²) in [5, 5.41) is 1.92. The first-order chi connectivity index (χ1) is 14.9. The van der Waals surface area contributed by atoms with Crippen molar-refractivity contribution >= 4 is 33.0 Å². The minimum absolute atomic E-state index is 0.137. The van der Waals surface area contributed by atoms with E-state index in [-0.39, 0.29) is 16.6 Å². The number of carbonyl (C=O) groups is 1. The van der Waals surface area contributed by atoms with Gasteiger partial charge in [-0.25, -0.2) is 12.8 Å². The summed E-state index contributed by atoms with van der Waals surface area (Å²) in [5.41, 5.74) is 0.909. The second kappa shape index (κ2) is 9.27. The zero-order valence-corrected chi connectivity index (χ0v) is 18.2. The van der Waals surface area contributed by atoms with Gasteiger partial charge >= 0.3 is 0 Å². The number of hydrogen-bond acceptors (Lipinski definition) is 5. The Morgan fingerprint density at radius 3 is 2.32 bits per heavy atom. The molecule has 0 unspecified atom stereocenters. The Hall–Kier alpha value is -2.59. The normalized spacial score (nSPS) is 15.0. The molecule has 1 fully saturated rings. The van der Waals surface area contributed by atoms with E-state index in [9.17, 15) is 17.6 Å². The smallest absolute Gasteiger partial charge is 0.258 e. The summed E-state index contributed by atoms with van der Waals surface area (Å²) in [5.74, 6) is -0.680. The number of carbonyl (C=O) groups excluding carboxylic acids is 1. The molecule has 9 heteroatoms. The molecule has 2 heterocycles. The molecular weight excluding hydrogens is 439 g/mol. The highest BCUT2D eigenvalue weighted by Crippen LogP contribution is 2.24. The lowest BCUT2D eigenvalue weighted by molar-refractivity contribution is 0.0730. The van der Waals surface area contributed by atoms with E-state index in [0.29, 0.717) is 44.1 Å². The van der Waals surface area contributed by atoms with Gasteiger partial charge in [0, 0.05) is 29.2 Å². The Bertz CT molecular complexity index is 1130. The van der Waals surface area contributed by atoms with Gasteiger partial charge in [0.2, 0.25) is 10.0 Å². The van der Waals surface area contributed by atoms with Crippen molar-refractivity contribution in [3.8, 4) is 0 Å². The number of anilines is 1. The molecule has 1 saturated heterocycles. The Morgan fingerprint density at radius 1 is 1.03 bits per heavy atom. The van der Waals surface area contributed by atoms with Gasteiger partial charge in [-0.3, -0.25) is 4.79 Å². The number of amides is 1. The van der Waals surface area contributed by atoms with Crippen molar-refractivity contribution in [1.29, 1.82) is 0 Å². The van der Waals surface area contributed by atoms with Crippen LogP contribution in [0.2, 0.25) is 0 Å². The topological polar surface area (TPSA) is 66.9 Å². The summed E-state index contributed by atoms with van der Waals surface area (Å²) in [7, 11) is -3.63. The first-order valence-electron chi connectivity index (χ1n) is 9.73. The second-order valence-corrected chi connectivity index (χ2v) is 9.96. The minimum atomic E-state index is -3.63. The monoisotopic (exact) mass is 460 g/mol. The number of thiophene rings is 1. The van der Waals surface area contributed by atoms with Gasteiger partial charge in [-0.2, -0.15) is 4.31 Å². The fraction of sp³-hybridized carbons (Fsp3) is 0.227. The van der Waals surface area contributed by atoms with Crippen molar-refractivity contribution < 1.29 is 22.3 Å². The molecule has 0 atom stereocenters. The van der Waals surface area contributed by atoms with Gasteiger partial charge in [-0.05, 0) is 60.0 Å². The molecule has 0 saturated carbocycles. The van der Waals surface area contributed by atoms with Crippen LogP contribution in [0.4, 0.5) is 10.1 Å². The fourth-order valence-corrected chi connectivity index (χ4v) is 5.42. The molecule has 0 spiro atoms. The van der Waals surface area contributed by atoms with Gasteiger partial charge in [0.05, 0.1) is 24.7 Å². The maximum atomic E-state index is 13.4. The molecule has 3 aromatic rings. The number of ether oxygens (including phenoxy) is 1. The second-order valence-electron chi connectivity index (χ2n) is 6.99. The molecule has 1 aliphatic heterocycles. The summed E-state index contributed by atoms with van der Waals surface area (Å²) < 4.78 is 45.6. The van der Waals surface area contributed by atoms with Gasteiger partial charge in [-0.15, -0.1) is 11.3 Å². The van der Waals surface area contributed by atoms with Crippen molar-refractivity contribution in [2.75, 3.05) is 31.2 Å². The molecule has 1 aliphatic rings. The molecule has 1 aromatic heterocycles. The maximum absolute atomic E-state index is 13.4.